The minimum absolute atomic E-state index is 0.0428. The monoisotopic (exact) mass is 281 g/mol. The third-order valence-corrected chi connectivity index (χ3v) is 2.66. The lowest BCUT2D eigenvalue weighted by Gasteiger charge is -2.07. The van der Waals surface area contributed by atoms with Gasteiger partial charge < -0.3 is 10.5 Å². The van der Waals surface area contributed by atoms with Gasteiger partial charge in [0.25, 0.3) is 0 Å². The zero-order chi connectivity index (χ0) is 13.8. The number of anilines is 1. The molecular formula is C13H13ClFN3O. The van der Waals surface area contributed by atoms with Gasteiger partial charge in [-0.3, -0.25) is 0 Å². The molecule has 2 rings (SSSR count). The molecule has 2 N–H and O–H groups in total. The first kappa shape index (κ1) is 13.5. The van der Waals surface area contributed by atoms with Crippen molar-refractivity contribution in [2.45, 2.75) is 19.8 Å². The number of nitrogens with zero attached hydrogens (tertiary/aromatic N) is 2. The van der Waals surface area contributed by atoms with Crippen molar-refractivity contribution >= 4 is 17.4 Å². The summed E-state index contributed by atoms with van der Waals surface area (Å²) >= 11 is 5.60. The predicted molar refractivity (Wildman–Crippen MR) is 71.9 cm³/mol. The van der Waals surface area contributed by atoms with E-state index in [4.69, 9.17) is 22.1 Å². The summed E-state index contributed by atoms with van der Waals surface area (Å²) in [7, 11) is 0. The minimum atomic E-state index is -0.546. The number of ether oxygens (including phenoxy) is 1. The Labute approximate surface area is 115 Å². The molecule has 0 fully saturated rings. The molecule has 1 heterocycles. The molecule has 0 saturated carbocycles. The van der Waals surface area contributed by atoms with E-state index in [9.17, 15) is 4.39 Å². The van der Waals surface area contributed by atoms with Crippen molar-refractivity contribution in [1.82, 2.24) is 9.97 Å². The first-order valence-electron chi connectivity index (χ1n) is 5.85. The van der Waals surface area contributed by atoms with Crippen LogP contribution in [0.3, 0.4) is 0 Å². The Balaban J connectivity index is 2.24. The Hall–Kier alpha value is -1.88. The fourth-order valence-corrected chi connectivity index (χ4v) is 1.66. The van der Waals surface area contributed by atoms with Gasteiger partial charge in [-0.1, -0.05) is 18.5 Å². The number of nitrogen functional groups attached to an aromatic ring is 1. The Kier molecular flexibility index (Phi) is 4.16. The van der Waals surface area contributed by atoms with E-state index in [1.807, 2.05) is 6.92 Å². The van der Waals surface area contributed by atoms with E-state index in [0.29, 0.717) is 23.8 Å². The van der Waals surface area contributed by atoms with Crippen LogP contribution < -0.4 is 10.5 Å². The van der Waals surface area contributed by atoms with E-state index >= 15 is 0 Å². The van der Waals surface area contributed by atoms with Gasteiger partial charge in [0.05, 0.1) is 5.02 Å². The fourth-order valence-electron chi connectivity index (χ4n) is 1.54. The highest BCUT2D eigenvalue weighted by atomic mass is 35.5. The molecule has 0 spiro atoms. The van der Waals surface area contributed by atoms with Crippen LogP contribution in [0, 0.1) is 5.82 Å². The van der Waals surface area contributed by atoms with Crippen LogP contribution in [0.4, 0.5) is 10.2 Å². The molecule has 1 aromatic carbocycles. The normalized spacial score (nSPS) is 10.5. The highest BCUT2D eigenvalue weighted by Crippen LogP contribution is 2.25. The van der Waals surface area contributed by atoms with Crippen molar-refractivity contribution in [2.24, 2.45) is 0 Å². The first-order valence-corrected chi connectivity index (χ1v) is 6.22. The van der Waals surface area contributed by atoms with Crippen molar-refractivity contribution in [1.29, 1.82) is 0 Å². The molecule has 0 aliphatic carbocycles. The van der Waals surface area contributed by atoms with E-state index in [1.54, 1.807) is 6.07 Å². The average molecular weight is 282 g/mol. The number of halogens is 2. The molecule has 0 atom stereocenters. The molecule has 0 bridgehead atoms. The van der Waals surface area contributed by atoms with E-state index < -0.39 is 5.82 Å². The second-order valence-corrected chi connectivity index (χ2v) is 4.38. The van der Waals surface area contributed by atoms with Crippen LogP contribution in [0.5, 0.6) is 11.6 Å². The molecule has 0 radical (unpaired) electrons. The van der Waals surface area contributed by atoms with Crippen LogP contribution in [-0.4, -0.2) is 9.97 Å². The molecule has 100 valence electrons. The van der Waals surface area contributed by atoms with Gasteiger partial charge in [-0.15, -0.1) is 0 Å². The van der Waals surface area contributed by atoms with Crippen LogP contribution in [0.25, 0.3) is 0 Å². The maximum Gasteiger partial charge on any atom is 0.224 e. The first-order chi connectivity index (χ1) is 9.08. The summed E-state index contributed by atoms with van der Waals surface area (Å²) in [5.74, 6) is 0.977. The largest absolute Gasteiger partial charge is 0.439 e. The number of aromatic nitrogens is 2. The van der Waals surface area contributed by atoms with Gasteiger partial charge in [-0.05, 0) is 18.6 Å². The maximum atomic E-state index is 13.3. The predicted octanol–water partition coefficient (Wildman–Crippen LogP) is 3.60. The Morgan fingerprint density at radius 1 is 1.32 bits per heavy atom. The average Bonchev–Trinajstić information content (AvgIpc) is 2.33. The maximum absolute atomic E-state index is 13.3. The van der Waals surface area contributed by atoms with E-state index in [2.05, 4.69) is 9.97 Å². The number of hydrogen-bond acceptors (Lipinski definition) is 4. The topological polar surface area (TPSA) is 61.0 Å². The SMILES string of the molecule is CCCc1nc(N)cc(Oc2ccc(Cl)c(F)c2)n1. The van der Waals surface area contributed by atoms with Crippen LogP contribution in [0.15, 0.2) is 24.3 Å². The fraction of sp³-hybridized carbons (Fsp3) is 0.231. The molecule has 6 heteroatoms. The lowest BCUT2D eigenvalue weighted by Crippen LogP contribution is -2.01. The van der Waals surface area contributed by atoms with Gasteiger partial charge in [0.1, 0.15) is 23.2 Å². The number of nitrogens with two attached hydrogens (primary N) is 1. The lowest BCUT2D eigenvalue weighted by molar-refractivity contribution is 0.454. The van der Waals surface area contributed by atoms with Crippen molar-refractivity contribution in [3.05, 3.63) is 40.9 Å². The van der Waals surface area contributed by atoms with Crippen LogP contribution in [-0.2, 0) is 6.42 Å². The highest BCUT2D eigenvalue weighted by molar-refractivity contribution is 6.30. The Morgan fingerprint density at radius 2 is 2.11 bits per heavy atom. The molecular weight excluding hydrogens is 269 g/mol. The summed E-state index contributed by atoms with van der Waals surface area (Å²) in [6.07, 6.45) is 1.61. The zero-order valence-corrected chi connectivity index (χ0v) is 11.1. The molecule has 0 saturated heterocycles. The zero-order valence-electron chi connectivity index (χ0n) is 10.4. The van der Waals surface area contributed by atoms with Gasteiger partial charge in [0.2, 0.25) is 5.88 Å². The van der Waals surface area contributed by atoms with Crippen molar-refractivity contribution in [2.75, 3.05) is 5.73 Å². The Bertz CT molecular complexity index is 592. The molecule has 0 aliphatic heterocycles. The minimum Gasteiger partial charge on any atom is -0.439 e. The third kappa shape index (κ3) is 3.54. The van der Waals surface area contributed by atoms with Crippen molar-refractivity contribution in [3.63, 3.8) is 0 Å². The lowest BCUT2D eigenvalue weighted by atomic mass is 10.3. The molecule has 2 aromatic rings. The summed E-state index contributed by atoms with van der Waals surface area (Å²) < 4.78 is 18.7. The van der Waals surface area contributed by atoms with E-state index in [-0.39, 0.29) is 10.9 Å². The van der Waals surface area contributed by atoms with Gasteiger partial charge in [-0.25, -0.2) is 9.37 Å². The molecule has 0 amide bonds. The van der Waals surface area contributed by atoms with Gasteiger partial charge in [0, 0.05) is 18.6 Å². The number of rotatable bonds is 4. The molecule has 0 unspecified atom stereocenters. The summed E-state index contributed by atoms with van der Waals surface area (Å²) in [6, 6.07) is 5.67. The van der Waals surface area contributed by atoms with Gasteiger partial charge in [0.15, 0.2) is 0 Å². The molecule has 0 aliphatic rings. The number of hydrogen-bond donors (Lipinski definition) is 1. The molecule has 19 heavy (non-hydrogen) atoms. The second kappa shape index (κ2) is 5.84. The highest BCUT2D eigenvalue weighted by Gasteiger charge is 2.07. The van der Waals surface area contributed by atoms with Crippen LogP contribution in [0.2, 0.25) is 5.02 Å². The quantitative estimate of drug-likeness (QED) is 0.930. The summed E-state index contributed by atoms with van der Waals surface area (Å²) in [5, 5.41) is 0.0428. The van der Waals surface area contributed by atoms with Gasteiger partial charge in [-0.2, -0.15) is 4.98 Å². The van der Waals surface area contributed by atoms with Crippen molar-refractivity contribution in [3.8, 4) is 11.6 Å². The molecule has 4 nitrogen and oxygen atoms in total. The summed E-state index contributed by atoms with van der Waals surface area (Å²) in [6.45, 7) is 2.02. The Morgan fingerprint density at radius 3 is 2.79 bits per heavy atom. The van der Waals surface area contributed by atoms with E-state index in [0.717, 1.165) is 6.42 Å². The third-order valence-electron chi connectivity index (χ3n) is 2.36. The smallest absolute Gasteiger partial charge is 0.224 e. The van der Waals surface area contributed by atoms with Crippen molar-refractivity contribution < 1.29 is 9.13 Å². The standard InChI is InChI=1S/C13H13ClFN3O/c1-2-3-12-17-11(16)7-13(18-12)19-8-4-5-9(14)10(15)6-8/h4-7H,2-3H2,1H3,(H2,16,17,18). The second-order valence-electron chi connectivity index (χ2n) is 3.98. The summed E-state index contributed by atoms with van der Waals surface area (Å²) in [5.41, 5.74) is 5.67. The van der Waals surface area contributed by atoms with Gasteiger partial charge >= 0.3 is 0 Å². The van der Waals surface area contributed by atoms with E-state index in [1.165, 1.54) is 18.2 Å². The van der Waals surface area contributed by atoms with Crippen LogP contribution >= 0.6 is 11.6 Å². The summed E-state index contributed by atoms with van der Waals surface area (Å²) in [4.78, 5) is 8.29. The number of benzene rings is 1. The number of aryl methyl sites for hydroxylation is 1. The van der Waals surface area contributed by atoms with Crippen LogP contribution in [0.1, 0.15) is 19.2 Å². The molecule has 1 aromatic heterocycles.